The number of rotatable bonds is 3. The minimum Gasteiger partial charge on any atom is -0.393 e. The first-order chi connectivity index (χ1) is 8.10. The predicted octanol–water partition coefficient (Wildman–Crippen LogP) is 1.40. The van der Waals surface area contributed by atoms with E-state index in [0.717, 1.165) is 0 Å². The molecule has 2 rings (SSSR count). The van der Waals surface area contributed by atoms with Crippen molar-refractivity contribution in [3.63, 3.8) is 0 Å². The fourth-order valence-corrected chi connectivity index (χ4v) is 1.82. The molecule has 0 heterocycles. The van der Waals surface area contributed by atoms with Crippen LogP contribution in [0.3, 0.4) is 0 Å². The normalized spacial score (nSPS) is 22.4. The van der Waals surface area contributed by atoms with Gasteiger partial charge in [0.1, 0.15) is 11.6 Å². The summed E-state index contributed by atoms with van der Waals surface area (Å²) < 4.78 is 0. The monoisotopic (exact) mass is 233 g/mol. The molecule has 17 heavy (non-hydrogen) atoms. The third-order valence-corrected chi connectivity index (χ3v) is 2.80. The van der Waals surface area contributed by atoms with Gasteiger partial charge in [-0.25, -0.2) is 0 Å². The maximum absolute atomic E-state index is 10.6. The number of nitrogens with zero attached hydrogens (tertiary/aromatic N) is 2. The van der Waals surface area contributed by atoms with Crippen molar-refractivity contribution >= 4 is 11.4 Å². The molecule has 0 spiro atoms. The molecule has 1 aliphatic rings. The molecule has 0 radical (unpaired) electrons. The van der Waals surface area contributed by atoms with Crippen LogP contribution in [-0.4, -0.2) is 22.2 Å². The summed E-state index contributed by atoms with van der Waals surface area (Å²) >= 11 is 0. The number of nitrogens with one attached hydrogen (secondary N) is 1. The smallest absolute Gasteiger partial charge is 0.287 e. The number of aliphatic hydroxyl groups excluding tert-OH is 1. The van der Waals surface area contributed by atoms with Gasteiger partial charge in [0.15, 0.2) is 0 Å². The zero-order valence-electron chi connectivity index (χ0n) is 8.96. The van der Waals surface area contributed by atoms with Crippen molar-refractivity contribution in [2.45, 2.75) is 25.0 Å². The van der Waals surface area contributed by atoms with E-state index in [2.05, 4.69) is 5.32 Å². The fourth-order valence-electron chi connectivity index (χ4n) is 1.82. The van der Waals surface area contributed by atoms with Gasteiger partial charge >= 0.3 is 0 Å². The molecule has 0 unspecified atom stereocenters. The second-order valence-corrected chi connectivity index (χ2v) is 4.07. The van der Waals surface area contributed by atoms with Crippen LogP contribution in [0, 0.1) is 21.4 Å². The topological polar surface area (TPSA) is 99.2 Å². The third kappa shape index (κ3) is 2.34. The van der Waals surface area contributed by atoms with E-state index < -0.39 is 4.92 Å². The van der Waals surface area contributed by atoms with Gasteiger partial charge in [-0.05, 0) is 25.0 Å². The fraction of sp³-hybridized carbons (Fsp3) is 0.364. The van der Waals surface area contributed by atoms with Crippen molar-refractivity contribution in [3.05, 3.63) is 33.9 Å². The summed E-state index contributed by atoms with van der Waals surface area (Å²) in [5.41, 5.74) is 0.524. The van der Waals surface area contributed by atoms with Crippen molar-refractivity contribution in [2.24, 2.45) is 0 Å². The molecule has 1 aliphatic carbocycles. The van der Waals surface area contributed by atoms with E-state index >= 15 is 0 Å². The highest BCUT2D eigenvalue weighted by atomic mass is 16.6. The first-order valence-electron chi connectivity index (χ1n) is 5.23. The van der Waals surface area contributed by atoms with E-state index in [-0.39, 0.29) is 23.4 Å². The molecule has 0 aromatic heterocycles. The first-order valence-corrected chi connectivity index (χ1v) is 5.23. The molecule has 1 aromatic rings. The Morgan fingerprint density at radius 2 is 2.24 bits per heavy atom. The summed E-state index contributed by atoms with van der Waals surface area (Å²) in [4.78, 5) is 10.1. The average molecular weight is 233 g/mol. The number of benzene rings is 1. The van der Waals surface area contributed by atoms with Crippen molar-refractivity contribution in [2.75, 3.05) is 5.32 Å². The summed E-state index contributed by atoms with van der Waals surface area (Å²) in [7, 11) is 0. The SMILES string of the molecule is N#Cc1cc(NC2CC(O)C2)ccc1[N+](=O)[O-]. The van der Waals surface area contributed by atoms with E-state index in [0.29, 0.717) is 18.5 Å². The van der Waals surface area contributed by atoms with Gasteiger partial charge in [0.2, 0.25) is 0 Å². The standard InChI is InChI=1S/C11H11N3O3/c12-6-7-3-8(1-2-11(7)14(16)17)13-9-4-10(15)5-9/h1-3,9-10,13,15H,4-5H2. The number of nitriles is 1. The van der Waals surface area contributed by atoms with Crippen LogP contribution in [0.25, 0.3) is 0 Å². The maximum Gasteiger partial charge on any atom is 0.287 e. The van der Waals surface area contributed by atoms with Crippen LogP contribution in [0.15, 0.2) is 18.2 Å². The zero-order valence-corrected chi connectivity index (χ0v) is 8.96. The van der Waals surface area contributed by atoms with Crippen molar-refractivity contribution in [3.8, 4) is 6.07 Å². The molecule has 1 fully saturated rings. The van der Waals surface area contributed by atoms with Crippen LogP contribution >= 0.6 is 0 Å². The lowest BCUT2D eigenvalue weighted by Crippen LogP contribution is -2.38. The summed E-state index contributed by atoms with van der Waals surface area (Å²) in [5, 5.41) is 31.7. The van der Waals surface area contributed by atoms with Crippen LogP contribution in [0.5, 0.6) is 0 Å². The van der Waals surface area contributed by atoms with Crippen molar-refractivity contribution < 1.29 is 10.0 Å². The Morgan fingerprint density at radius 3 is 2.76 bits per heavy atom. The quantitative estimate of drug-likeness (QED) is 0.607. The predicted molar refractivity (Wildman–Crippen MR) is 60.5 cm³/mol. The number of anilines is 1. The van der Waals surface area contributed by atoms with E-state index in [1.54, 1.807) is 12.1 Å². The molecule has 1 saturated carbocycles. The van der Waals surface area contributed by atoms with Gasteiger partial charge in [0.25, 0.3) is 5.69 Å². The van der Waals surface area contributed by atoms with Gasteiger partial charge in [-0.2, -0.15) is 5.26 Å². The highest BCUT2D eigenvalue weighted by Gasteiger charge is 2.27. The average Bonchev–Trinajstić information content (AvgIpc) is 2.26. The first kappa shape index (κ1) is 11.4. The molecule has 0 atom stereocenters. The molecule has 0 saturated heterocycles. The lowest BCUT2D eigenvalue weighted by molar-refractivity contribution is -0.385. The molecule has 0 aliphatic heterocycles. The molecule has 88 valence electrons. The highest BCUT2D eigenvalue weighted by Crippen LogP contribution is 2.27. The second kappa shape index (κ2) is 4.39. The Kier molecular flexibility index (Phi) is 2.93. The number of hydrogen-bond donors (Lipinski definition) is 2. The molecule has 6 heteroatoms. The van der Waals surface area contributed by atoms with Crippen molar-refractivity contribution in [1.29, 1.82) is 5.26 Å². The Balaban J connectivity index is 2.15. The van der Waals surface area contributed by atoms with Crippen LogP contribution in [0.4, 0.5) is 11.4 Å². The lowest BCUT2D eigenvalue weighted by atomic mass is 9.89. The molecule has 0 amide bonds. The highest BCUT2D eigenvalue weighted by molar-refractivity contribution is 5.59. The minimum absolute atomic E-state index is 0.0415. The van der Waals surface area contributed by atoms with E-state index in [1.807, 2.05) is 0 Å². The van der Waals surface area contributed by atoms with Crippen LogP contribution in [0.1, 0.15) is 18.4 Å². The van der Waals surface area contributed by atoms with Crippen LogP contribution in [-0.2, 0) is 0 Å². The lowest BCUT2D eigenvalue weighted by Gasteiger charge is -2.32. The number of nitro groups is 1. The molecular formula is C11H11N3O3. The van der Waals surface area contributed by atoms with E-state index in [9.17, 15) is 10.1 Å². The second-order valence-electron chi connectivity index (χ2n) is 4.07. The van der Waals surface area contributed by atoms with Crippen molar-refractivity contribution in [1.82, 2.24) is 0 Å². The summed E-state index contributed by atoms with van der Waals surface area (Å²) in [6.45, 7) is 0. The number of aliphatic hydroxyl groups is 1. The molecule has 6 nitrogen and oxygen atoms in total. The third-order valence-electron chi connectivity index (χ3n) is 2.80. The zero-order chi connectivity index (χ0) is 12.4. The Morgan fingerprint density at radius 1 is 1.53 bits per heavy atom. The van der Waals surface area contributed by atoms with E-state index in [4.69, 9.17) is 10.4 Å². The Bertz CT molecular complexity index is 489. The van der Waals surface area contributed by atoms with Gasteiger partial charge in [0.05, 0.1) is 11.0 Å². The molecular weight excluding hydrogens is 222 g/mol. The summed E-state index contributed by atoms with van der Waals surface area (Å²) in [6.07, 6.45) is 1.07. The van der Waals surface area contributed by atoms with Gasteiger partial charge in [0, 0.05) is 17.8 Å². The molecule has 1 aromatic carbocycles. The maximum atomic E-state index is 10.6. The summed E-state index contributed by atoms with van der Waals surface area (Å²) in [5.74, 6) is 0. The van der Waals surface area contributed by atoms with E-state index in [1.165, 1.54) is 12.1 Å². The van der Waals surface area contributed by atoms with Gasteiger partial charge in [-0.1, -0.05) is 0 Å². The molecule has 0 bridgehead atoms. The number of nitro benzene ring substituents is 1. The minimum atomic E-state index is -0.574. The van der Waals surface area contributed by atoms with Crippen LogP contribution < -0.4 is 5.32 Å². The van der Waals surface area contributed by atoms with Gasteiger partial charge in [-0.3, -0.25) is 10.1 Å². The van der Waals surface area contributed by atoms with Crippen LogP contribution in [0.2, 0.25) is 0 Å². The Labute approximate surface area is 97.6 Å². The Hall–Kier alpha value is -2.13. The largest absolute Gasteiger partial charge is 0.393 e. The number of hydrogen-bond acceptors (Lipinski definition) is 5. The van der Waals surface area contributed by atoms with Gasteiger partial charge < -0.3 is 10.4 Å². The molecule has 2 N–H and O–H groups in total. The van der Waals surface area contributed by atoms with Gasteiger partial charge in [-0.15, -0.1) is 0 Å². The summed E-state index contributed by atoms with van der Waals surface area (Å²) in [6, 6.07) is 6.33.